The van der Waals surface area contributed by atoms with Gasteiger partial charge >= 0.3 is 0 Å². The summed E-state index contributed by atoms with van der Waals surface area (Å²) in [5, 5.41) is 3.63. The fourth-order valence-electron chi connectivity index (χ4n) is 3.16. The molecule has 2 aromatic rings. The first kappa shape index (κ1) is 14.9. The lowest BCUT2D eigenvalue weighted by Crippen LogP contribution is -2.31. The predicted molar refractivity (Wildman–Crippen MR) is 89.0 cm³/mol. The summed E-state index contributed by atoms with van der Waals surface area (Å²) in [5.41, 5.74) is 6.47. The second kappa shape index (κ2) is 6.01. The van der Waals surface area contributed by atoms with E-state index >= 15 is 0 Å². The first-order valence-corrected chi connectivity index (χ1v) is 7.69. The summed E-state index contributed by atoms with van der Waals surface area (Å²) >= 11 is 0. The molecule has 1 unspecified atom stereocenters. The van der Waals surface area contributed by atoms with Gasteiger partial charge < -0.3 is 14.8 Å². The summed E-state index contributed by atoms with van der Waals surface area (Å²) in [7, 11) is 3.42. The summed E-state index contributed by atoms with van der Waals surface area (Å²) in [6.45, 7) is 5.26. The highest BCUT2D eigenvalue weighted by atomic mass is 16.5. The lowest BCUT2D eigenvalue weighted by atomic mass is 9.88. The number of ether oxygens (including phenoxy) is 2. The summed E-state index contributed by atoms with van der Waals surface area (Å²) in [4.78, 5) is 0. The van der Waals surface area contributed by atoms with Crippen LogP contribution in [0.5, 0.6) is 11.5 Å². The van der Waals surface area contributed by atoms with Gasteiger partial charge in [-0.25, -0.2) is 0 Å². The molecule has 22 heavy (non-hydrogen) atoms. The van der Waals surface area contributed by atoms with Gasteiger partial charge in [0, 0.05) is 18.2 Å². The number of benzene rings is 2. The SMILES string of the molecule is COc1cc(OC)c2c(c1)C(c1ccc(C)c(C)c1)NCC2. The fourth-order valence-corrected chi connectivity index (χ4v) is 3.16. The highest BCUT2D eigenvalue weighted by Gasteiger charge is 2.25. The molecule has 1 aliphatic rings. The van der Waals surface area contributed by atoms with Crippen LogP contribution >= 0.6 is 0 Å². The number of methoxy groups -OCH3 is 2. The molecule has 3 nitrogen and oxygen atoms in total. The summed E-state index contributed by atoms with van der Waals surface area (Å²) < 4.78 is 11.0. The smallest absolute Gasteiger partial charge is 0.126 e. The Labute approximate surface area is 132 Å². The molecule has 0 fully saturated rings. The van der Waals surface area contributed by atoms with Gasteiger partial charge in [0.2, 0.25) is 0 Å². The van der Waals surface area contributed by atoms with Gasteiger partial charge in [0.25, 0.3) is 0 Å². The maximum absolute atomic E-state index is 5.57. The molecule has 1 atom stereocenters. The number of hydrogen-bond donors (Lipinski definition) is 1. The molecule has 1 aliphatic heterocycles. The molecule has 0 saturated heterocycles. The number of fused-ring (bicyclic) bond motifs is 1. The Bertz CT molecular complexity index is 694. The van der Waals surface area contributed by atoms with Crippen molar-refractivity contribution < 1.29 is 9.47 Å². The van der Waals surface area contributed by atoms with Crippen LogP contribution in [-0.4, -0.2) is 20.8 Å². The van der Waals surface area contributed by atoms with Gasteiger partial charge in [-0.2, -0.15) is 0 Å². The van der Waals surface area contributed by atoms with Crippen LogP contribution in [0.15, 0.2) is 30.3 Å². The van der Waals surface area contributed by atoms with E-state index in [1.54, 1.807) is 14.2 Å². The fraction of sp³-hybridized carbons (Fsp3) is 0.368. The number of nitrogens with one attached hydrogen (secondary N) is 1. The van der Waals surface area contributed by atoms with Gasteiger partial charge in [-0.15, -0.1) is 0 Å². The average molecular weight is 297 g/mol. The van der Waals surface area contributed by atoms with E-state index in [0.717, 1.165) is 24.5 Å². The first-order chi connectivity index (χ1) is 10.6. The Morgan fingerprint density at radius 1 is 1.00 bits per heavy atom. The summed E-state index contributed by atoms with van der Waals surface area (Å²) in [6, 6.07) is 11.0. The minimum atomic E-state index is 0.187. The molecule has 116 valence electrons. The van der Waals surface area contributed by atoms with E-state index in [-0.39, 0.29) is 6.04 Å². The van der Waals surface area contributed by atoms with Crippen LogP contribution in [0.1, 0.15) is 33.9 Å². The molecule has 3 heteroatoms. The van der Waals surface area contributed by atoms with Crippen LogP contribution in [0.3, 0.4) is 0 Å². The lowest BCUT2D eigenvalue weighted by Gasteiger charge is -2.29. The summed E-state index contributed by atoms with van der Waals surface area (Å²) in [5.74, 6) is 1.76. The third-order valence-corrected chi connectivity index (χ3v) is 4.57. The Kier molecular flexibility index (Phi) is 4.08. The van der Waals surface area contributed by atoms with Crippen LogP contribution in [0.25, 0.3) is 0 Å². The largest absolute Gasteiger partial charge is 0.497 e. The standard InChI is InChI=1S/C19H23NO2/c1-12-5-6-14(9-13(12)2)19-17-10-15(21-3)11-18(22-4)16(17)7-8-20-19/h5-6,9-11,19-20H,7-8H2,1-4H3. The molecular weight excluding hydrogens is 274 g/mol. The van der Waals surface area contributed by atoms with Gasteiger partial charge in [0.05, 0.1) is 20.3 Å². The number of rotatable bonds is 3. The van der Waals surface area contributed by atoms with Crippen molar-refractivity contribution in [1.29, 1.82) is 0 Å². The van der Waals surface area contributed by atoms with Gasteiger partial charge in [0.1, 0.15) is 11.5 Å². The normalized spacial score (nSPS) is 17.0. The van der Waals surface area contributed by atoms with Gasteiger partial charge in [-0.3, -0.25) is 0 Å². The molecule has 2 aromatic carbocycles. The minimum absolute atomic E-state index is 0.187. The Morgan fingerprint density at radius 3 is 2.50 bits per heavy atom. The molecular formula is C19H23NO2. The first-order valence-electron chi connectivity index (χ1n) is 7.69. The zero-order valence-electron chi connectivity index (χ0n) is 13.7. The van der Waals surface area contributed by atoms with E-state index < -0.39 is 0 Å². The van der Waals surface area contributed by atoms with Gasteiger partial charge in [-0.1, -0.05) is 18.2 Å². The second-order valence-electron chi connectivity index (χ2n) is 5.88. The van der Waals surface area contributed by atoms with E-state index in [0.29, 0.717) is 0 Å². The third-order valence-electron chi connectivity index (χ3n) is 4.57. The van der Waals surface area contributed by atoms with Crippen molar-refractivity contribution in [2.75, 3.05) is 20.8 Å². The van der Waals surface area contributed by atoms with E-state index in [9.17, 15) is 0 Å². The molecule has 0 aliphatic carbocycles. The molecule has 0 saturated carbocycles. The van der Waals surface area contributed by atoms with Gasteiger partial charge in [0.15, 0.2) is 0 Å². The maximum atomic E-state index is 5.57. The second-order valence-corrected chi connectivity index (χ2v) is 5.88. The van der Waals surface area contributed by atoms with Crippen LogP contribution in [-0.2, 0) is 6.42 Å². The molecule has 3 rings (SSSR count). The number of hydrogen-bond acceptors (Lipinski definition) is 3. The van der Waals surface area contributed by atoms with E-state index in [1.807, 2.05) is 6.07 Å². The van der Waals surface area contributed by atoms with Crippen molar-refractivity contribution in [1.82, 2.24) is 5.32 Å². The highest BCUT2D eigenvalue weighted by molar-refractivity contribution is 5.52. The Hall–Kier alpha value is -2.00. The predicted octanol–water partition coefficient (Wildman–Crippen LogP) is 3.56. The quantitative estimate of drug-likeness (QED) is 0.939. The van der Waals surface area contributed by atoms with Gasteiger partial charge in [-0.05, 0) is 48.6 Å². The molecule has 0 amide bonds. The van der Waals surface area contributed by atoms with E-state index in [4.69, 9.17) is 9.47 Å². The topological polar surface area (TPSA) is 30.5 Å². The Morgan fingerprint density at radius 2 is 1.82 bits per heavy atom. The molecule has 1 N–H and O–H groups in total. The van der Waals surface area contributed by atoms with Crippen molar-refractivity contribution in [3.8, 4) is 11.5 Å². The molecule has 1 heterocycles. The van der Waals surface area contributed by atoms with Crippen LogP contribution < -0.4 is 14.8 Å². The molecule has 0 radical (unpaired) electrons. The third kappa shape index (κ3) is 2.57. The van der Waals surface area contributed by atoms with Crippen LogP contribution in [0.4, 0.5) is 0 Å². The average Bonchev–Trinajstić information content (AvgIpc) is 2.55. The van der Waals surface area contributed by atoms with Crippen LogP contribution in [0, 0.1) is 13.8 Å². The summed E-state index contributed by atoms with van der Waals surface area (Å²) in [6.07, 6.45) is 0.976. The highest BCUT2D eigenvalue weighted by Crippen LogP contribution is 2.37. The monoisotopic (exact) mass is 297 g/mol. The zero-order valence-corrected chi connectivity index (χ0v) is 13.7. The van der Waals surface area contributed by atoms with E-state index in [1.165, 1.54) is 27.8 Å². The van der Waals surface area contributed by atoms with Crippen molar-refractivity contribution in [2.24, 2.45) is 0 Å². The number of aryl methyl sites for hydroxylation is 2. The Balaban J connectivity index is 2.12. The zero-order chi connectivity index (χ0) is 15.7. The van der Waals surface area contributed by atoms with Crippen molar-refractivity contribution >= 4 is 0 Å². The van der Waals surface area contributed by atoms with Crippen molar-refractivity contribution in [2.45, 2.75) is 26.3 Å². The van der Waals surface area contributed by atoms with Crippen molar-refractivity contribution in [3.63, 3.8) is 0 Å². The van der Waals surface area contributed by atoms with Crippen molar-refractivity contribution in [3.05, 3.63) is 58.1 Å². The minimum Gasteiger partial charge on any atom is -0.497 e. The maximum Gasteiger partial charge on any atom is 0.126 e. The molecule has 0 bridgehead atoms. The molecule has 0 spiro atoms. The lowest BCUT2D eigenvalue weighted by molar-refractivity contribution is 0.385. The van der Waals surface area contributed by atoms with E-state index in [2.05, 4.69) is 43.4 Å². The van der Waals surface area contributed by atoms with Crippen LogP contribution in [0.2, 0.25) is 0 Å². The molecule has 0 aromatic heterocycles.